The molecule has 0 radical (unpaired) electrons. The van der Waals surface area contributed by atoms with Crippen molar-refractivity contribution in [2.75, 3.05) is 6.54 Å². The first-order chi connectivity index (χ1) is 9.52. The lowest BCUT2D eigenvalue weighted by Gasteiger charge is -2.23. The van der Waals surface area contributed by atoms with Gasteiger partial charge in [0.1, 0.15) is 5.84 Å². The molecule has 2 rings (SSSR count). The molecule has 0 heterocycles. The minimum absolute atomic E-state index is 0.00915. The van der Waals surface area contributed by atoms with Crippen LogP contribution in [-0.4, -0.2) is 34.4 Å². The summed E-state index contributed by atoms with van der Waals surface area (Å²) in [5.74, 6) is 0.136. The highest BCUT2D eigenvalue weighted by Gasteiger charge is 2.33. The number of hydrogen-bond acceptors (Lipinski definition) is 3. The van der Waals surface area contributed by atoms with Gasteiger partial charge in [-0.1, -0.05) is 11.2 Å². The Morgan fingerprint density at radius 3 is 2.80 bits per heavy atom. The zero-order valence-electron chi connectivity index (χ0n) is 11.3. The predicted molar refractivity (Wildman–Crippen MR) is 81.0 cm³/mol. The topological polar surface area (TPSA) is 78.9 Å². The SMILES string of the molecule is Cc1ccc(C(=O)N(CC/C(N)=N/O)C2CC2)c(Br)c1. The van der Waals surface area contributed by atoms with Crippen molar-refractivity contribution in [3.05, 3.63) is 33.8 Å². The lowest BCUT2D eigenvalue weighted by molar-refractivity contribution is 0.0746. The van der Waals surface area contributed by atoms with Crippen molar-refractivity contribution in [3.63, 3.8) is 0 Å². The van der Waals surface area contributed by atoms with E-state index < -0.39 is 0 Å². The quantitative estimate of drug-likeness (QED) is 0.374. The zero-order valence-corrected chi connectivity index (χ0v) is 12.9. The van der Waals surface area contributed by atoms with Crippen LogP contribution >= 0.6 is 15.9 Å². The number of carbonyl (C=O) groups is 1. The number of amidine groups is 1. The summed E-state index contributed by atoms with van der Waals surface area (Å²) in [4.78, 5) is 14.4. The summed E-state index contributed by atoms with van der Waals surface area (Å²) in [6, 6.07) is 5.97. The number of benzene rings is 1. The molecule has 0 aliphatic heterocycles. The van der Waals surface area contributed by atoms with E-state index in [0.29, 0.717) is 18.5 Å². The molecule has 0 bridgehead atoms. The number of nitrogens with zero attached hydrogens (tertiary/aromatic N) is 2. The lowest BCUT2D eigenvalue weighted by atomic mass is 10.1. The molecule has 1 aliphatic rings. The van der Waals surface area contributed by atoms with E-state index >= 15 is 0 Å². The van der Waals surface area contributed by atoms with Crippen molar-refractivity contribution in [1.82, 2.24) is 4.90 Å². The van der Waals surface area contributed by atoms with Gasteiger partial charge in [-0.15, -0.1) is 0 Å². The van der Waals surface area contributed by atoms with Gasteiger partial charge in [-0.2, -0.15) is 0 Å². The Morgan fingerprint density at radius 2 is 2.25 bits per heavy atom. The van der Waals surface area contributed by atoms with E-state index in [4.69, 9.17) is 10.9 Å². The third kappa shape index (κ3) is 3.50. The summed E-state index contributed by atoms with van der Waals surface area (Å²) in [5.41, 5.74) is 7.24. The number of nitrogens with two attached hydrogens (primary N) is 1. The molecule has 0 aromatic heterocycles. The second-order valence-corrected chi connectivity index (χ2v) is 5.91. The van der Waals surface area contributed by atoms with Crippen LogP contribution in [0.1, 0.15) is 35.2 Å². The number of amides is 1. The van der Waals surface area contributed by atoms with Gasteiger partial charge in [0.05, 0.1) is 5.56 Å². The Kier molecular flexibility index (Phi) is 4.65. The van der Waals surface area contributed by atoms with Crippen LogP contribution in [0.15, 0.2) is 27.8 Å². The lowest BCUT2D eigenvalue weighted by Crippen LogP contribution is -2.36. The molecule has 1 aliphatic carbocycles. The predicted octanol–water partition coefficient (Wildman–Crippen LogP) is 2.50. The van der Waals surface area contributed by atoms with E-state index in [2.05, 4.69) is 21.1 Å². The third-order valence-electron chi connectivity index (χ3n) is 3.34. The fourth-order valence-electron chi connectivity index (χ4n) is 2.07. The van der Waals surface area contributed by atoms with E-state index in [-0.39, 0.29) is 17.8 Å². The summed E-state index contributed by atoms with van der Waals surface area (Å²) in [7, 11) is 0. The van der Waals surface area contributed by atoms with E-state index in [1.165, 1.54) is 0 Å². The van der Waals surface area contributed by atoms with Crippen LogP contribution < -0.4 is 5.73 Å². The number of rotatable bonds is 5. The summed E-state index contributed by atoms with van der Waals surface area (Å²) in [6.07, 6.45) is 2.42. The van der Waals surface area contributed by atoms with Crippen LogP contribution in [-0.2, 0) is 0 Å². The van der Waals surface area contributed by atoms with Gasteiger partial charge in [-0.3, -0.25) is 4.79 Å². The number of halogens is 1. The smallest absolute Gasteiger partial charge is 0.255 e. The molecule has 5 nitrogen and oxygen atoms in total. The summed E-state index contributed by atoms with van der Waals surface area (Å²) < 4.78 is 0.803. The molecule has 0 unspecified atom stereocenters. The molecule has 20 heavy (non-hydrogen) atoms. The number of oxime groups is 1. The highest BCUT2D eigenvalue weighted by atomic mass is 79.9. The van der Waals surface area contributed by atoms with Crippen molar-refractivity contribution < 1.29 is 10.0 Å². The molecular formula is C14H18BrN3O2. The van der Waals surface area contributed by atoms with Crippen LogP contribution in [0.4, 0.5) is 0 Å². The molecule has 0 saturated heterocycles. The Labute approximate surface area is 126 Å². The van der Waals surface area contributed by atoms with E-state index in [0.717, 1.165) is 22.9 Å². The second kappa shape index (κ2) is 6.26. The van der Waals surface area contributed by atoms with Crippen molar-refractivity contribution in [2.45, 2.75) is 32.2 Å². The van der Waals surface area contributed by atoms with Crippen molar-refractivity contribution in [1.29, 1.82) is 0 Å². The van der Waals surface area contributed by atoms with Crippen molar-refractivity contribution in [3.8, 4) is 0 Å². The van der Waals surface area contributed by atoms with Crippen molar-refractivity contribution >= 4 is 27.7 Å². The average Bonchev–Trinajstić information content (AvgIpc) is 3.23. The Balaban J connectivity index is 2.14. The van der Waals surface area contributed by atoms with Crippen LogP contribution in [0.5, 0.6) is 0 Å². The fourth-order valence-corrected chi connectivity index (χ4v) is 2.73. The van der Waals surface area contributed by atoms with Gasteiger partial charge in [0.25, 0.3) is 5.91 Å². The monoisotopic (exact) mass is 339 g/mol. The molecule has 0 spiro atoms. The fraction of sp³-hybridized carbons (Fsp3) is 0.429. The van der Waals surface area contributed by atoms with E-state index in [1.54, 1.807) is 0 Å². The normalized spacial score (nSPS) is 15.2. The summed E-state index contributed by atoms with van der Waals surface area (Å²) in [5, 5.41) is 11.5. The molecule has 1 aromatic carbocycles. The van der Waals surface area contributed by atoms with Gasteiger partial charge in [0.2, 0.25) is 0 Å². The number of hydrogen-bond donors (Lipinski definition) is 2. The molecule has 1 saturated carbocycles. The van der Waals surface area contributed by atoms with Gasteiger partial charge in [0, 0.05) is 23.5 Å². The van der Waals surface area contributed by atoms with E-state index in [1.807, 2.05) is 30.0 Å². The second-order valence-electron chi connectivity index (χ2n) is 5.05. The van der Waals surface area contributed by atoms with Gasteiger partial charge >= 0.3 is 0 Å². The first kappa shape index (κ1) is 14.8. The zero-order chi connectivity index (χ0) is 14.7. The molecule has 1 aromatic rings. The maximum absolute atomic E-state index is 12.6. The Morgan fingerprint density at radius 1 is 1.55 bits per heavy atom. The van der Waals surface area contributed by atoms with Gasteiger partial charge in [-0.25, -0.2) is 0 Å². The van der Waals surface area contributed by atoms with Crippen LogP contribution in [0.3, 0.4) is 0 Å². The molecule has 3 N–H and O–H groups in total. The summed E-state index contributed by atoms with van der Waals surface area (Å²) >= 11 is 3.44. The Hall–Kier alpha value is -1.56. The average molecular weight is 340 g/mol. The van der Waals surface area contributed by atoms with Gasteiger partial charge < -0.3 is 15.8 Å². The van der Waals surface area contributed by atoms with Crippen LogP contribution in [0, 0.1) is 6.92 Å². The van der Waals surface area contributed by atoms with Gasteiger partial charge in [0.15, 0.2) is 0 Å². The molecule has 1 amide bonds. The first-order valence-corrected chi connectivity index (χ1v) is 7.35. The van der Waals surface area contributed by atoms with E-state index in [9.17, 15) is 4.79 Å². The van der Waals surface area contributed by atoms with Crippen LogP contribution in [0.2, 0.25) is 0 Å². The number of carbonyl (C=O) groups excluding carboxylic acids is 1. The maximum Gasteiger partial charge on any atom is 0.255 e. The minimum atomic E-state index is -0.00915. The largest absolute Gasteiger partial charge is 0.409 e. The van der Waals surface area contributed by atoms with Crippen LogP contribution in [0.25, 0.3) is 0 Å². The van der Waals surface area contributed by atoms with Crippen molar-refractivity contribution in [2.24, 2.45) is 10.9 Å². The highest BCUT2D eigenvalue weighted by Crippen LogP contribution is 2.30. The molecule has 1 fully saturated rings. The molecule has 6 heteroatoms. The molecule has 108 valence electrons. The standard InChI is InChI=1S/C14H18BrN3O2/c1-9-2-5-11(12(15)8-9)14(19)18(10-3-4-10)7-6-13(16)17-20/h2,5,8,10,20H,3-4,6-7H2,1H3,(H2,16,17). The highest BCUT2D eigenvalue weighted by molar-refractivity contribution is 9.10. The summed E-state index contributed by atoms with van der Waals surface area (Å²) in [6.45, 7) is 2.45. The Bertz CT molecular complexity index is 541. The van der Waals surface area contributed by atoms with Gasteiger partial charge in [-0.05, 0) is 53.4 Å². The molecule has 0 atom stereocenters. The number of aryl methyl sites for hydroxylation is 1. The minimum Gasteiger partial charge on any atom is -0.409 e. The first-order valence-electron chi connectivity index (χ1n) is 6.56. The molecular weight excluding hydrogens is 322 g/mol. The maximum atomic E-state index is 12.6. The third-order valence-corrected chi connectivity index (χ3v) is 4.00.